The summed E-state index contributed by atoms with van der Waals surface area (Å²) in [6.45, 7) is 0. The van der Waals surface area contributed by atoms with Crippen LogP contribution in [0.5, 0.6) is 0 Å². The number of carbonyl (C=O) groups is 2. The smallest absolute Gasteiger partial charge is 0.305 e. The van der Waals surface area contributed by atoms with Crippen molar-refractivity contribution in [3.8, 4) is 0 Å². The van der Waals surface area contributed by atoms with E-state index in [0.29, 0.717) is 4.47 Å². The van der Waals surface area contributed by atoms with E-state index in [1.54, 1.807) is 6.07 Å². The van der Waals surface area contributed by atoms with Gasteiger partial charge < -0.3 is 10.4 Å². The lowest BCUT2D eigenvalue weighted by Crippen LogP contribution is -2.41. The zero-order valence-corrected chi connectivity index (χ0v) is 11.3. The summed E-state index contributed by atoms with van der Waals surface area (Å²) >= 11 is 3.14. The second kappa shape index (κ2) is 4.36. The summed E-state index contributed by atoms with van der Waals surface area (Å²) in [6.07, 6.45) is -0.750. The number of amides is 1. The molecular formula is C10H8BrNO5S. The lowest BCUT2D eigenvalue weighted by Gasteiger charge is -2.24. The van der Waals surface area contributed by atoms with Crippen LogP contribution in [-0.2, 0) is 19.4 Å². The van der Waals surface area contributed by atoms with Gasteiger partial charge in [0.05, 0.1) is 17.0 Å². The van der Waals surface area contributed by atoms with Gasteiger partial charge in [-0.05, 0) is 28.1 Å². The summed E-state index contributed by atoms with van der Waals surface area (Å²) < 4.78 is 24.8. The van der Waals surface area contributed by atoms with Gasteiger partial charge in [-0.1, -0.05) is 6.07 Å². The topological polar surface area (TPSA) is 101 Å². The quantitative estimate of drug-likeness (QED) is 0.841. The van der Waals surface area contributed by atoms with Crippen molar-refractivity contribution in [3.05, 3.63) is 22.7 Å². The fraction of sp³-hybridized carbons (Fsp3) is 0.200. The maximum atomic E-state index is 12.2. The molecule has 6 nitrogen and oxygen atoms in total. The van der Waals surface area contributed by atoms with Crippen molar-refractivity contribution >= 4 is 43.3 Å². The molecule has 0 radical (unpaired) electrons. The summed E-state index contributed by atoms with van der Waals surface area (Å²) in [5.41, 5.74) is 0.157. The molecule has 1 atom stereocenters. The number of carbonyl (C=O) groups excluding carboxylic acids is 1. The lowest BCUT2D eigenvalue weighted by molar-refractivity contribution is -0.138. The Hall–Kier alpha value is -1.41. The van der Waals surface area contributed by atoms with Gasteiger partial charge >= 0.3 is 5.97 Å². The first kappa shape index (κ1) is 13.0. The van der Waals surface area contributed by atoms with Crippen molar-refractivity contribution in [3.63, 3.8) is 0 Å². The van der Waals surface area contributed by atoms with Crippen LogP contribution in [0.2, 0.25) is 0 Å². The van der Waals surface area contributed by atoms with Crippen LogP contribution in [0.4, 0.5) is 5.69 Å². The molecule has 1 aliphatic heterocycles. The third-order valence-electron chi connectivity index (χ3n) is 2.56. The van der Waals surface area contributed by atoms with Crippen molar-refractivity contribution in [2.75, 3.05) is 5.32 Å². The maximum Gasteiger partial charge on any atom is 0.305 e. The van der Waals surface area contributed by atoms with E-state index in [1.807, 2.05) is 0 Å². The number of benzene rings is 1. The van der Waals surface area contributed by atoms with Crippen LogP contribution in [0.3, 0.4) is 0 Å². The summed E-state index contributed by atoms with van der Waals surface area (Å²) in [5.74, 6) is -2.16. The molecule has 1 unspecified atom stereocenters. The Morgan fingerprint density at radius 1 is 1.44 bits per heavy atom. The number of rotatable bonds is 2. The largest absolute Gasteiger partial charge is 0.481 e. The second-order valence-electron chi connectivity index (χ2n) is 3.73. The molecule has 0 saturated heterocycles. The van der Waals surface area contributed by atoms with Crippen molar-refractivity contribution in [1.82, 2.24) is 0 Å². The van der Waals surface area contributed by atoms with E-state index in [4.69, 9.17) is 5.11 Å². The van der Waals surface area contributed by atoms with Crippen LogP contribution in [0.1, 0.15) is 6.42 Å². The third kappa shape index (κ3) is 2.01. The molecule has 18 heavy (non-hydrogen) atoms. The van der Waals surface area contributed by atoms with E-state index in [0.717, 1.165) is 0 Å². The average molecular weight is 334 g/mol. The van der Waals surface area contributed by atoms with Crippen molar-refractivity contribution < 1.29 is 23.1 Å². The Morgan fingerprint density at radius 2 is 2.11 bits per heavy atom. The molecule has 0 saturated carbocycles. The van der Waals surface area contributed by atoms with Gasteiger partial charge in [0, 0.05) is 4.47 Å². The highest BCUT2D eigenvalue weighted by atomic mass is 79.9. The van der Waals surface area contributed by atoms with Crippen LogP contribution in [0.25, 0.3) is 0 Å². The van der Waals surface area contributed by atoms with Crippen molar-refractivity contribution in [1.29, 1.82) is 0 Å². The molecule has 1 heterocycles. The molecule has 2 rings (SSSR count). The number of halogens is 1. The Labute approximate surface area is 111 Å². The minimum Gasteiger partial charge on any atom is -0.481 e. The molecule has 0 aromatic heterocycles. The highest BCUT2D eigenvalue weighted by molar-refractivity contribution is 9.10. The summed E-state index contributed by atoms with van der Waals surface area (Å²) in [6, 6.07) is 4.44. The van der Waals surface area contributed by atoms with Crippen molar-refractivity contribution in [2.24, 2.45) is 0 Å². The van der Waals surface area contributed by atoms with Crippen LogP contribution >= 0.6 is 15.9 Å². The normalized spacial score (nSPS) is 20.9. The standard InChI is InChI=1S/C10H8BrNO5S/c11-5-2-1-3-6-9(5)12-10(15)7(4-8(13)14)18(6,16)17/h1-3,7H,4H2,(H,12,15)(H,13,14). The Morgan fingerprint density at radius 3 is 2.72 bits per heavy atom. The first-order chi connectivity index (χ1) is 8.34. The SMILES string of the molecule is O=C(O)CC1C(=O)Nc2c(Br)cccc2S1(=O)=O. The van der Waals surface area contributed by atoms with E-state index in [9.17, 15) is 18.0 Å². The Kier molecular flexibility index (Phi) is 3.16. The number of sulfone groups is 1. The van der Waals surface area contributed by atoms with Gasteiger partial charge in [0.25, 0.3) is 0 Å². The number of hydrogen-bond acceptors (Lipinski definition) is 4. The van der Waals surface area contributed by atoms with Gasteiger partial charge in [0.15, 0.2) is 15.1 Å². The van der Waals surface area contributed by atoms with E-state index < -0.39 is 33.4 Å². The van der Waals surface area contributed by atoms with E-state index in [-0.39, 0.29) is 10.6 Å². The van der Waals surface area contributed by atoms with Crippen LogP contribution in [0, 0.1) is 0 Å². The van der Waals surface area contributed by atoms with Gasteiger partial charge in [-0.25, -0.2) is 8.42 Å². The third-order valence-corrected chi connectivity index (χ3v) is 5.30. The molecule has 2 N–H and O–H groups in total. The van der Waals surface area contributed by atoms with Gasteiger partial charge in [-0.2, -0.15) is 0 Å². The predicted octanol–water partition coefficient (Wildman–Crippen LogP) is 1.02. The highest BCUT2D eigenvalue weighted by Crippen LogP contribution is 2.36. The number of carboxylic acids is 1. The van der Waals surface area contributed by atoms with Gasteiger partial charge in [-0.3, -0.25) is 9.59 Å². The number of para-hydroxylation sites is 1. The number of anilines is 1. The molecule has 0 spiro atoms. The highest BCUT2D eigenvalue weighted by Gasteiger charge is 2.42. The molecule has 1 aromatic carbocycles. The number of hydrogen-bond donors (Lipinski definition) is 2. The molecule has 0 bridgehead atoms. The molecule has 0 aliphatic carbocycles. The minimum absolute atomic E-state index is 0.0669. The molecule has 1 aliphatic rings. The number of nitrogens with one attached hydrogen (secondary N) is 1. The molecular weight excluding hydrogens is 326 g/mol. The fourth-order valence-electron chi connectivity index (χ4n) is 1.72. The first-order valence-electron chi connectivity index (χ1n) is 4.89. The number of carboxylic acid groups (broad SMARTS) is 1. The van der Waals surface area contributed by atoms with Crippen LogP contribution < -0.4 is 5.32 Å². The lowest BCUT2D eigenvalue weighted by atomic mass is 10.2. The van der Waals surface area contributed by atoms with Gasteiger partial charge in [0.2, 0.25) is 5.91 Å². The predicted molar refractivity (Wildman–Crippen MR) is 66.0 cm³/mol. The zero-order chi connectivity index (χ0) is 13.5. The van der Waals surface area contributed by atoms with Crippen LogP contribution in [0.15, 0.2) is 27.6 Å². The summed E-state index contributed by atoms with van der Waals surface area (Å²) in [4.78, 5) is 22.2. The number of aliphatic carboxylic acids is 1. The Balaban J connectivity index is 2.61. The zero-order valence-electron chi connectivity index (χ0n) is 8.88. The maximum absolute atomic E-state index is 12.2. The summed E-state index contributed by atoms with van der Waals surface area (Å²) in [7, 11) is -3.97. The molecule has 1 amide bonds. The monoisotopic (exact) mass is 333 g/mol. The van der Waals surface area contributed by atoms with E-state index >= 15 is 0 Å². The van der Waals surface area contributed by atoms with Crippen LogP contribution in [-0.4, -0.2) is 30.7 Å². The molecule has 96 valence electrons. The second-order valence-corrected chi connectivity index (χ2v) is 6.69. The van der Waals surface area contributed by atoms with E-state index in [1.165, 1.54) is 12.1 Å². The minimum atomic E-state index is -3.97. The average Bonchev–Trinajstić information content (AvgIpc) is 2.26. The summed E-state index contributed by atoms with van der Waals surface area (Å²) in [5, 5.41) is 9.49. The van der Waals surface area contributed by atoms with Gasteiger partial charge in [-0.15, -0.1) is 0 Å². The van der Waals surface area contributed by atoms with E-state index in [2.05, 4.69) is 21.2 Å². The first-order valence-corrected chi connectivity index (χ1v) is 7.23. The molecule has 8 heteroatoms. The van der Waals surface area contributed by atoms with Gasteiger partial charge in [0.1, 0.15) is 0 Å². The molecule has 1 aromatic rings. The fourth-order valence-corrected chi connectivity index (χ4v) is 4.04. The van der Waals surface area contributed by atoms with Crippen molar-refractivity contribution in [2.45, 2.75) is 16.6 Å². The Bertz CT molecular complexity index is 640. The number of fused-ring (bicyclic) bond motifs is 1. The molecule has 0 fully saturated rings.